The number of piperidine rings is 1. The number of hydrogen-bond donors (Lipinski definition) is 1. The average Bonchev–Trinajstić information content (AvgIpc) is 3.13. The highest BCUT2D eigenvalue weighted by atomic mass is 16.5. The Kier molecular flexibility index (Phi) is 6.67. The number of aromatic amines is 1. The molecule has 1 spiro atoms. The Labute approximate surface area is 217 Å². The van der Waals surface area contributed by atoms with Gasteiger partial charge in [0.2, 0.25) is 11.9 Å². The number of aryl methyl sites for hydroxylation is 1. The summed E-state index contributed by atoms with van der Waals surface area (Å²) in [5.41, 5.74) is 3.31. The lowest BCUT2D eigenvalue weighted by Gasteiger charge is -2.38. The van der Waals surface area contributed by atoms with Crippen LogP contribution in [0.2, 0.25) is 0 Å². The van der Waals surface area contributed by atoms with Crippen molar-refractivity contribution < 1.29 is 14.3 Å². The molecule has 6 rings (SSSR count). The summed E-state index contributed by atoms with van der Waals surface area (Å²) in [4.78, 5) is 40.4. The maximum absolute atomic E-state index is 13.6. The molecule has 1 aromatic carbocycles. The van der Waals surface area contributed by atoms with Crippen molar-refractivity contribution in [1.29, 1.82) is 0 Å². The lowest BCUT2D eigenvalue weighted by atomic mass is 9.73. The van der Waals surface area contributed by atoms with E-state index in [0.717, 1.165) is 93.2 Å². The molecule has 0 saturated carbocycles. The molecule has 3 aliphatic heterocycles. The summed E-state index contributed by atoms with van der Waals surface area (Å²) in [6.45, 7) is 6.63. The predicted molar refractivity (Wildman–Crippen MR) is 142 cm³/mol. The van der Waals surface area contributed by atoms with E-state index in [2.05, 4.69) is 20.9 Å². The van der Waals surface area contributed by atoms with Crippen LogP contribution in [0.1, 0.15) is 48.9 Å². The van der Waals surface area contributed by atoms with Gasteiger partial charge in [-0.15, -0.1) is 0 Å². The second kappa shape index (κ2) is 10.1. The first kappa shape index (κ1) is 24.4. The standard InChI is InChI=1S/C28H37N5O4/c1-31-24-19-20(37-16-4-11-32-14-17-36-18-15-32)7-8-22(24)28(26(31)35)9-12-33(13-10-28)27-29-23-6-3-2-5-21(23)25(34)30-27/h7-8,19H,2-6,9-18H2,1H3,(H,29,30,34). The van der Waals surface area contributed by atoms with Gasteiger partial charge in [-0.05, 0) is 56.6 Å². The van der Waals surface area contributed by atoms with Crippen molar-refractivity contribution in [2.45, 2.75) is 50.4 Å². The fourth-order valence-corrected chi connectivity index (χ4v) is 6.46. The maximum atomic E-state index is 13.6. The molecule has 1 amide bonds. The summed E-state index contributed by atoms with van der Waals surface area (Å²) in [6, 6.07) is 6.12. The van der Waals surface area contributed by atoms with Gasteiger partial charge in [-0.25, -0.2) is 4.98 Å². The number of anilines is 2. The number of ether oxygens (including phenoxy) is 2. The molecule has 0 radical (unpaired) electrons. The van der Waals surface area contributed by atoms with Gasteiger partial charge in [0, 0.05) is 51.4 Å². The summed E-state index contributed by atoms with van der Waals surface area (Å²) < 4.78 is 11.5. The molecule has 1 N–H and O–H groups in total. The van der Waals surface area contributed by atoms with Crippen molar-refractivity contribution in [2.24, 2.45) is 0 Å². The van der Waals surface area contributed by atoms with Crippen molar-refractivity contribution >= 4 is 17.5 Å². The van der Waals surface area contributed by atoms with E-state index in [0.29, 0.717) is 38.5 Å². The summed E-state index contributed by atoms with van der Waals surface area (Å²) >= 11 is 0. The molecule has 9 nitrogen and oxygen atoms in total. The number of nitrogens with one attached hydrogen (secondary N) is 1. The largest absolute Gasteiger partial charge is 0.493 e. The van der Waals surface area contributed by atoms with E-state index >= 15 is 0 Å². The Morgan fingerprint density at radius 1 is 1.08 bits per heavy atom. The monoisotopic (exact) mass is 507 g/mol. The number of H-pyrrole nitrogens is 1. The Morgan fingerprint density at radius 2 is 1.86 bits per heavy atom. The van der Waals surface area contributed by atoms with Gasteiger partial charge < -0.3 is 19.3 Å². The quantitative estimate of drug-likeness (QED) is 0.600. The number of benzene rings is 1. The predicted octanol–water partition coefficient (Wildman–Crippen LogP) is 2.26. The normalized spacial score (nSPS) is 21.3. The van der Waals surface area contributed by atoms with Gasteiger partial charge in [-0.3, -0.25) is 19.5 Å². The lowest BCUT2D eigenvalue weighted by molar-refractivity contribution is -0.123. The first-order valence-electron chi connectivity index (χ1n) is 13.8. The molecule has 9 heteroatoms. The zero-order valence-corrected chi connectivity index (χ0v) is 21.8. The van der Waals surface area contributed by atoms with Crippen molar-refractivity contribution in [3.8, 4) is 5.75 Å². The number of aromatic nitrogens is 2. The van der Waals surface area contributed by atoms with Gasteiger partial charge >= 0.3 is 0 Å². The van der Waals surface area contributed by atoms with Gasteiger partial charge in [0.05, 0.1) is 36.6 Å². The highest BCUT2D eigenvalue weighted by Crippen LogP contribution is 2.48. The molecule has 0 atom stereocenters. The summed E-state index contributed by atoms with van der Waals surface area (Å²) in [7, 11) is 1.87. The third-order valence-corrected chi connectivity index (χ3v) is 8.65. The zero-order chi connectivity index (χ0) is 25.4. The van der Waals surface area contributed by atoms with Crippen LogP contribution in [0.15, 0.2) is 23.0 Å². The smallest absolute Gasteiger partial charge is 0.255 e. The van der Waals surface area contributed by atoms with Crippen LogP contribution < -0.4 is 20.1 Å². The fourth-order valence-electron chi connectivity index (χ4n) is 6.46. The molecule has 4 aliphatic rings. The van der Waals surface area contributed by atoms with Crippen LogP contribution in [0.5, 0.6) is 5.75 Å². The van der Waals surface area contributed by atoms with Gasteiger partial charge in [-0.2, -0.15) is 0 Å². The molecule has 198 valence electrons. The molecule has 1 aliphatic carbocycles. The van der Waals surface area contributed by atoms with Crippen molar-refractivity contribution in [2.75, 3.05) is 69.4 Å². The number of carbonyl (C=O) groups is 1. The molecule has 4 heterocycles. The number of carbonyl (C=O) groups excluding carboxylic acids is 1. The highest BCUT2D eigenvalue weighted by Gasteiger charge is 2.51. The van der Waals surface area contributed by atoms with E-state index in [1.165, 1.54) is 0 Å². The number of fused-ring (bicyclic) bond motifs is 3. The minimum atomic E-state index is -0.524. The van der Waals surface area contributed by atoms with Crippen LogP contribution in [0.25, 0.3) is 0 Å². The Hall–Kier alpha value is -2.91. The van der Waals surface area contributed by atoms with Crippen molar-refractivity contribution in [3.63, 3.8) is 0 Å². The summed E-state index contributed by atoms with van der Waals surface area (Å²) in [5.74, 6) is 1.62. The number of rotatable bonds is 6. The highest BCUT2D eigenvalue weighted by molar-refractivity contribution is 6.08. The van der Waals surface area contributed by atoms with Crippen LogP contribution in [-0.4, -0.2) is 80.4 Å². The molecule has 2 aromatic rings. The maximum Gasteiger partial charge on any atom is 0.255 e. The third kappa shape index (κ3) is 4.52. The van der Waals surface area contributed by atoms with E-state index < -0.39 is 5.41 Å². The second-order valence-corrected chi connectivity index (χ2v) is 10.8. The van der Waals surface area contributed by atoms with E-state index in [1.807, 2.05) is 19.2 Å². The molecule has 1 aromatic heterocycles. The molecule has 2 saturated heterocycles. The van der Waals surface area contributed by atoms with E-state index in [4.69, 9.17) is 14.5 Å². The van der Waals surface area contributed by atoms with E-state index in [9.17, 15) is 9.59 Å². The zero-order valence-electron chi connectivity index (χ0n) is 21.8. The number of morpholine rings is 1. The van der Waals surface area contributed by atoms with Crippen molar-refractivity contribution in [3.05, 3.63) is 45.4 Å². The van der Waals surface area contributed by atoms with Crippen molar-refractivity contribution in [1.82, 2.24) is 14.9 Å². The van der Waals surface area contributed by atoms with Gasteiger partial charge in [0.25, 0.3) is 5.56 Å². The first-order valence-corrected chi connectivity index (χ1v) is 13.8. The van der Waals surface area contributed by atoms with E-state index in [-0.39, 0.29) is 11.5 Å². The molecule has 0 bridgehead atoms. The summed E-state index contributed by atoms with van der Waals surface area (Å²) in [6.07, 6.45) is 6.19. The van der Waals surface area contributed by atoms with Gasteiger partial charge in [0.1, 0.15) is 5.75 Å². The lowest BCUT2D eigenvalue weighted by Crippen LogP contribution is -2.49. The van der Waals surface area contributed by atoms with Crippen LogP contribution in [0.4, 0.5) is 11.6 Å². The second-order valence-electron chi connectivity index (χ2n) is 10.8. The minimum Gasteiger partial charge on any atom is -0.493 e. The summed E-state index contributed by atoms with van der Waals surface area (Å²) in [5, 5.41) is 0. The van der Waals surface area contributed by atoms with E-state index in [1.54, 1.807) is 4.90 Å². The molecule has 2 fully saturated rings. The SMILES string of the molecule is CN1C(=O)C2(CCN(c3nc4c(c(=O)[nH]3)CCCC4)CC2)c2ccc(OCCCN3CCOCC3)cc21. The number of amides is 1. The molecule has 0 unspecified atom stereocenters. The fraction of sp³-hybridized carbons (Fsp3) is 0.607. The average molecular weight is 508 g/mol. The Morgan fingerprint density at radius 3 is 2.68 bits per heavy atom. The van der Waals surface area contributed by atoms with Gasteiger partial charge in [-0.1, -0.05) is 6.07 Å². The number of hydrogen-bond acceptors (Lipinski definition) is 7. The number of nitrogens with zero attached hydrogens (tertiary/aromatic N) is 4. The third-order valence-electron chi connectivity index (χ3n) is 8.65. The van der Waals surface area contributed by atoms with Gasteiger partial charge in [0.15, 0.2) is 0 Å². The Balaban J connectivity index is 1.12. The topological polar surface area (TPSA) is 91.0 Å². The molecular weight excluding hydrogens is 470 g/mol. The first-order chi connectivity index (χ1) is 18.0. The minimum absolute atomic E-state index is 0.000479. The molecule has 37 heavy (non-hydrogen) atoms. The van der Waals surface area contributed by atoms with Crippen LogP contribution in [0.3, 0.4) is 0 Å². The van der Waals surface area contributed by atoms with Crippen LogP contribution in [-0.2, 0) is 27.8 Å². The van der Waals surface area contributed by atoms with Crippen LogP contribution >= 0.6 is 0 Å². The number of likely N-dealkylation sites (N-methyl/N-ethyl adjacent to an activating group) is 1. The molecular formula is C28H37N5O4. The van der Waals surface area contributed by atoms with Crippen LogP contribution in [0, 0.1) is 0 Å². The Bertz CT molecular complexity index is 1210.